The molecule has 1 aromatic heterocycles. The molecule has 2 heterocycles. The normalized spacial score (nSPS) is 19.2. The first kappa shape index (κ1) is 25.6. The smallest absolute Gasteiger partial charge is 0.228 e. The summed E-state index contributed by atoms with van der Waals surface area (Å²) in [7, 11) is 0. The van der Waals surface area contributed by atoms with Gasteiger partial charge in [-0.25, -0.2) is 0 Å². The molecule has 0 saturated carbocycles. The Kier molecular flexibility index (Phi) is 10.7. The van der Waals surface area contributed by atoms with Gasteiger partial charge in [-0.3, -0.25) is 4.99 Å². The number of nitrogens with zero attached hydrogens (tertiary/aromatic N) is 3. The van der Waals surface area contributed by atoms with Crippen LogP contribution >= 0.6 is 24.0 Å². The third-order valence-electron chi connectivity index (χ3n) is 5.31. The molecule has 8 heteroatoms. The zero-order valence-corrected chi connectivity index (χ0v) is 21.4. The predicted octanol–water partition coefficient (Wildman–Crippen LogP) is 4.38. The minimum Gasteiger partial charge on any atom is -0.373 e. The average Bonchev–Trinajstić information content (AvgIpc) is 3.22. The van der Waals surface area contributed by atoms with Crippen LogP contribution in [-0.2, 0) is 11.2 Å². The number of hydrogen-bond donors (Lipinski definition) is 2. The number of ether oxygens (including phenoxy) is 1. The van der Waals surface area contributed by atoms with Crippen molar-refractivity contribution in [2.24, 2.45) is 10.9 Å². The van der Waals surface area contributed by atoms with E-state index in [0.717, 1.165) is 44.3 Å². The number of aryl methyl sites for hydroxylation is 1. The van der Waals surface area contributed by atoms with Crippen LogP contribution in [0.3, 0.4) is 0 Å². The molecule has 0 aliphatic carbocycles. The number of aromatic nitrogens is 2. The minimum atomic E-state index is 0. The van der Waals surface area contributed by atoms with Crippen molar-refractivity contribution in [3.05, 3.63) is 47.1 Å². The zero-order valence-electron chi connectivity index (χ0n) is 19.1. The number of aliphatic imine (C=N–C) groups is 1. The monoisotopic (exact) mass is 541 g/mol. The molecule has 2 aromatic rings. The van der Waals surface area contributed by atoms with Crippen molar-refractivity contribution >= 4 is 29.9 Å². The Balaban J connectivity index is 0.00000341. The Morgan fingerprint density at radius 3 is 2.68 bits per heavy atom. The van der Waals surface area contributed by atoms with E-state index in [1.165, 1.54) is 11.1 Å². The number of benzene rings is 1. The van der Waals surface area contributed by atoms with Gasteiger partial charge in [0.25, 0.3) is 0 Å². The van der Waals surface area contributed by atoms with Gasteiger partial charge in [0.05, 0.1) is 6.10 Å². The van der Waals surface area contributed by atoms with Crippen molar-refractivity contribution in [1.29, 1.82) is 0 Å². The third kappa shape index (κ3) is 7.75. The van der Waals surface area contributed by atoms with Gasteiger partial charge < -0.3 is 19.9 Å². The molecule has 172 valence electrons. The summed E-state index contributed by atoms with van der Waals surface area (Å²) >= 11 is 0. The number of halogens is 1. The van der Waals surface area contributed by atoms with E-state index in [9.17, 15) is 0 Å². The molecule has 1 aliphatic rings. The summed E-state index contributed by atoms with van der Waals surface area (Å²) in [5, 5.41) is 10.7. The lowest BCUT2D eigenvalue weighted by Gasteiger charge is -2.31. The topological polar surface area (TPSA) is 84.6 Å². The highest BCUT2D eigenvalue weighted by Crippen LogP contribution is 2.33. The van der Waals surface area contributed by atoms with E-state index in [2.05, 4.69) is 72.7 Å². The van der Waals surface area contributed by atoms with Crippen LogP contribution in [0.25, 0.3) is 0 Å². The van der Waals surface area contributed by atoms with E-state index in [0.29, 0.717) is 24.8 Å². The van der Waals surface area contributed by atoms with E-state index in [1.807, 2.05) is 0 Å². The van der Waals surface area contributed by atoms with Crippen LogP contribution in [0.4, 0.5) is 0 Å². The molecule has 0 bridgehead atoms. The molecule has 1 aromatic carbocycles. The molecule has 2 unspecified atom stereocenters. The van der Waals surface area contributed by atoms with Gasteiger partial charge in [0.2, 0.25) is 5.89 Å². The summed E-state index contributed by atoms with van der Waals surface area (Å²) in [5.74, 6) is 2.87. The molecule has 1 saturated heterocycles. The SMILES string of the molecule is CCNC(=NCC1CCCOC1c1ccc(C)cc1)NCCc1nc(C(C)C)no1.I. The van der Waals surface area contributed by atoms with Crippen molar-refractivity contribution in [2.75, 3.05) is 26.2 Å². The van der Waals surface area contributed by atoms with E-state index >= 15 is 0 Å². The van der Waals surface area contributed by atoms with Gasteiger partial charge in [-0.2, -0.15) is 4.98 Å². The van der Waals surface area contributed by atoms with Gasteiger partial charge >= 0.3 is 0 Å². The molecule has 7 nitrogen and oxygen atoms in total. The van der Waals surface area contributed by atoms with Gasteiger partial charge in [0, 0.05) is 44.5 Å². The summed E-state index contributed by atoms with van der Waals surface area (Å²) in [6.07, 6.45) is 2.99. The third-order valence-corrected chi connectivity index (χ3v) is 5.31. The van der Waals surface area contributed by atoms with Crippen LogP contribution in [0.5, 0.6) is 0 Å². The van der Waals surface area contributed by atoms with Crippen LogP contribution < -0.4 is 10.6 Å². The highest BCUT2D eigenvalue weighted by atomic mass is 127. The van der Waals surface area contributed by atoms with Crippen LogP contribution in [0, 0.1) is 12.8 Å². The second-order valence-corrected chi connectivity index (χ2v) is 8.20. The van der Waals surface area contributed by atoms with Crippen molar-refractivity contribution in [3.63, 3.8) is 0 Å². The zero-order chi connectivity index (χ0) is 21.3. The first-order valence-corrected chi connectivity index (χ1v) is 11.1. The van der Waals surface area contributed by atoms with E-state index in [-0.39, 0.29) is 36.0 Å². The lowest BCUT2D eigenvalue weighted by atomic mass is 9.89. The Hall–Kier alpha value is -1.68. The van der Waals surface area contributed by atoms with Crippen molar-refractivity contribution in [2.45, 2.75) is 59.0 Å². The average molecular weight is 541 g/mol. The van der Waals surface area contributed by atoms with Crippen molar-refractivity contribution < 1.29 is 9.26 Å². The quantitative estimate of drug-likeness (QED) is 0.293. The fourth-order valence-electron chi connectivity index (χ4n) is 3.60. The highest BCUT2D eigenvalue weighted by molar-refractivity contribution is 14.0. The molecule has 0 radical (unpaired) electrons. The standard InChI is InChI=1S/C23H35N5O2.HI/c1-5-24-23(25-13-12-20-27-22(16(2)3)28-30-20)26-15-19-7-6-14-29-21(19)18-10-8-17(4)9-11-18;/h8-11,16,19,21H,5-7,12-15H2,1-4H3,(H2,24,25,26);1H. The molecule has 2 atom stereocenters. The van der Waals surface area contributed by atoms with E-state index < -0.39 is 0 Å². The molecular weight excluding hydrogens is 505 g/mol. The molecule has 0 amide bonds. The Bertz CT molecular complexity index is 807. The van der Waals surface area contributed by atoms with E-state index in [1.54, 1.807) is 0 Å². The first-order valence-electron chi connectivity index (χ1n) is 11.1. The summed E-state index contributed by atoms with van der Waals surface area (Å²) in [6, 6.07) is 8.67. The summed E-state index contributed by atoms with van der Waals surface area (Å²) in [6.45, 7) is 11.3. The van der Waals surface area contributed by atoms with Crippen molar-refractivity contribution in [3.8, 4) is 0 Å². The fourth-order valence-corrected chi connectivity index (χ4v) is 3.60. The summed E-state index contributed by atoms with van der Waals surface area (Å²) in [5.41, 5.74) is 2.51. The highest BCUT2D eigenvalue weighted by Gasteiger charge is 2.27. The maximum atomic E-state index is 6.13. The molecular formula is C23H36IN5O2. The van der Waals surface area contributed by atoms with Gasteiger partial charge in [-0.1, -0.05) is 48.8 Å². The summed E-state index contributed by atoms with van der Waals surface area (Å²) in [4.78, 5) is 9.27. The maximum absolute atomic E-state index is 6.13. The van der Waals surface area contributed by atoms with Gasteiger partial charge in [0.15, 0.2) is 11.8 Å². The van der Waals surface area contributed by atoms with Crippen molar-refractivity contribution in [1.82, 2.24) is 20.8 Å². The summed E-state index contributed by atoms with van der Waals surface area (Å²) < 4.78 is 11.4. The maximum Gasteiger partial charge on any atom is 0.228 e. The molecule has 3 rings (SSSR count). The predicted molar refractivity (Wildman–Crippen MR) is 134 cm³/mol. The Morgan fingerprint density at radius 2 is 2.00 bits per heavy atom. The minimum absolute atomic E-state index is 0. The fraction of sp³-hybridized carbons (Fsp3) is 0.609. The number of hydrogen-bond acceptors (Lipinski definition) is 5. The molecule has 1 aliphatic heterocycles. The Morgan fingerprint density at radius 1 is 1.23 bits per heavy atom. The van der Waals surface area contributed by atoms with Gasteiger partial charge in [-0.05, 0) is 32.3 Å². The first-order chi connectivity index (χ1) is 14.6. The molecule has 2 N–H and O–H groups in total. The lowest BCUT2D eigenvalue weighted by Crippen LogP contribution is -2.39. The number of guanidine groups is 1. The second kappa shape index (κ2) is 13.0. The van der Waals surface area contributed by atoms with Crippen LogP contribution in [0.15, 0.2) is 33.8 Å². The Labute approximate surface area is 202 Å². The number of rotatable bonds is 8. The second-order valence-electron chi connectivity index (χ2n) is 8.20. The largest absolute Gasteiger partial charge is 0.373 e. The molecule has 31 heavy (non-hydrogen) atoms. The number of nitrogens with one attached hydrogen (secondary N) is 2. The van der Waals surface area contributed by atoms with Crippen LogP contribution in [-0.4, -0.2) is 42.3 Å². The van der Waals surface area contributed by atoms with Gasteiger partial charge in [0.1, 0.15) is 0 Å². The van der Waals surface area contributed by atoms with Gasteiger partial charge in [-0.15, -0.1) is 24.0 Å². The van der Waals surface area contributed by atoms with Crippen LogP contribution in [0.1, 0.15) is 68.5 Å². The molecule has 0 spiro atoms. The van der Waals surface area contributed by atoms with Crippen LogP contribution in [0.2, 0.25) is 0 Å². The molecule has 1 fully saturated rings. The lowest BCUT2D eigenvalue weighted by molar-refractivity contribution is -0.0250. The van der Waals surface area contributed by atoms with E-state index in [4.69, 9.17) is 14.3 Å².